The van der Waals surface area contributed by atoms with Crippen molar-refractivity contribution in [1.82, 2.24) is 0 Å². The summed E-state index contributed by atoms with van der Waals surface area (Å²) in [5.41, 5.74) is 2.11. The van der Waals surface area contributed by atoms with Gasteiger partial charge in [0.2, 0.25) is 0 Å². The predicted molar refractivity (Wildman–Crippen MR) is 111 cm³/mol. The maximum Gasteiger partial charge on any atom is 0.345 e. The smallest absolute Gasteiger partial charge is 0.345 e. The molecule has 0 aliphatic carbocycles. The highest BCUT2D eigenvalue weighted by Crippen LogP contribution is 2.32. The summed E-state index contributed by atoms with van der Waals surface area (Å²) >= 11 is 1.35. The molecule has 0 bridgehead atoms. The molecule has 0 fully saturated rings. The molecular weight excluding hydrogens is 358 g/mol. The van der Waals surface area contributed by atoms with Crippen molar-refractivity contribution in [2.75, 3.05) is 11.4 Å². The van der Waals surface area contributed by atoms with Crippen molar-refractivity contribution in [3.8, 4) is 0 Å². The molecule has 0 radical (unpaired) electrons. The third-order valence-electron chi connectivity index (χ3n) is 4.50. The van der Waals surface area contributed by atoms with E-state index in [1.54, 1.807) is 17.0 Å². The minimum absolute atomic E-state index is 0.0906. The second kappa shape index (κ2) is 7.00. The summed E-state index contributed by atoms with van der Waals surface area (Å²) in [5.74, 6) is -0.0906. The first-order valence-corrected chi connectivity index (χ1v) is 9.74. The summed E-state index contributed by atoms with van der Waals surface area (Å²) < 4.78 is 6.20. The van der Waals surface area contributed by atoms with Crippen molar-refractivity contribution in [3.05, 3.63) is 75.5 Å². The lowest BCUT2D eigenvalue weighted by Crippen LogP contribution is -2.31. The van der Waals surface area contributed by atoms with Crippen LogP contribution < -0.4 is 10.5 Å². The molecule has 0 spiro atoms. The van der Waals surface area contributed by atoms with Gasteiger partial charge < -0.3 is 9.32 Å². The Labute approximate surface area is 160 Å². The van der Waals surface area contributed by atoms with Gasteiger partial charge in [0.05, 0.1) is 15.0 Å². The molecule has 0 atom stereocenters. The van der Waals surface area contributed by atoms with Crippen LogP contribution in [0.25, 0.3) is 21.1 Å². The average molecular weight is 377 g/mol. The number of fused-ring (bicyclic) bond motifs is 3. The van der Waals surface area contributed by atoms with E-state index in [1.165, 1.54) is 11.3 Å². The minimum atomic E-state index is -0.406. The number of hydrogen-bond acceptors (Lipinski definition) is 4. The fourth-order valence-corrected chi connectivity index (χ4v) is 4.37. The van der Waals surface area contributed by atoms with Crippen molar-refractivity contribution in [1.29, 1.82) is 0 Å². The topological polar surface area (TPSA) is 50.5 Å². The lowest BCUT2D eigenvalue weighted by molar-refractivity contribution is 0.0991. The fraction of sp³-hybridized carbons (Fsp3) is 0.182. The number of hydrogen-bond donors (Lipinski definition) is 0. The summed E-state index contributed by atoms with van der Waals surface area (Å²) in [5, 5.41) is 1.32. The van der Waals surface area contributed by atoms with Crippen LogP contribution in [0.4, 0.5) is 5.69 Å². The molecule has 2 aromatic heterocycles. The normalized spacial score (nSPS) is 11.2. The van der Waals surface area contributed by atoms with E-state index >= 15 is 0 Å². The molecule has 0 N–H and O–H groups in total. The lowest BCUT2D eigenvalue weighted by atomic mass is 10.2. The molecule has 2 heterocycles. The maximum atomic E-state index is 13.3. The number of thiophene rings is 1. The maximum absolute atomic E-state index is 13.3. The zero-order chi connectivity index (χ0) is 19.0. The predicted octanol–water partition coefficient (Wildman–Crippen LogP) is 5.37. The third-order valence-corrected chi connectivity index (χ3v) is 5.66. The molecule has 0 aliphatic heterocycles. The largest absolute Gasteiger partial charge is 0.422 e. The molecule has 5 heteroatoms. The number of rotatable bonds is 4. The van der Waals surface area contributed by atoms with E-state index in [-0.39, 0.29) is 5.91 Å². The highest BCUT2D eigenvalue weighted by molar-refractivity contribution is 7.21. The summed E-state index contributed by atoms with van der Waals surface area (Å²) in [6.07, 6.45) is 0.843. The Morgan fingerprint density at radius 3 is 2.67 bits per heavy atom. The van der Waals surface area contributed by atoms with Crippen molar-refractivity contribution < 1.29 is 9.21 Å². The molecule has 136 valence electrons. The number of nitrogens with zero attached hydrogens (tertiary/aromatic N) is 1. The molecule has 2 aromatic carbocycles. The molecule has 1 amide bonds. The first-order chi connectivity index (χ1) is 13.1. The first-order valence-electron chi connectivity index (χ1n) is 8.92. The van der Waals surface area contributed by atoms with E-state index in [0.29, 0.717) is 22.4 Å². The summed E-state index contributed by atoms with van der Waals surface area (Å²) in [7, 11) is 0. The second-order valence-corrected chi connectivity index (χ2v) is 7.59. The molecule has 4 nitrogen and oxygen atoms in total. The van der Waals surface area contributed by atoms with Crippen molar-refractivity contribution >= 4 is 44.0 Å². The summed E-state index contributed by atoms with van der Waals surface area (Å²) in [4.78, 5) is 27.9. The van der Waals surface area contributed by atoms with Crippen LogP contribution in [0.1, 0.15) is 28.6 Å². The molecule has 4 aromatic rings. The number of anilines is 1. The summed E-state index contributed by atoms with van der Waals surface area (Å²) in [6.45, 7) is 4.67. The van der Waals surface area contributed by atoms with Crippen LogP contribution in [0.2, 0.25) is 0 Å². The van der Waals surface area contributed by atoms with Gasteiger partial charge in [-0.3, -0.25) is 4.79 Å². The lowest BCUT2D eigenvalue weighted by Gasteiger charge is -2.22. The van der Waals surface area contributed by atoms with Crippen LogP contribution in [0, 0.1) is 6.92 Å². The van der Waals surface area contributed by atoms with Crippen LogP contribution >= 0.6 is 11.3 Å². The number of carbonyl (C=O) groups excluding carboxylic acids is 1. The van der Waals surface area contributed by atoms with Crippen LogP contribution in [-0.4, -0.2) is 12.5 Å². The number of para-hydroxylation sites is 1. The highest BCUT2D eigenvalue weighted by atomic mass is 32.1. The van der Waals surface area contributed by atoms with Gasteiger partial charge in [-0.25, -0.2) is 4.79 Å². The Kier molecular flexibility index (Phi) is 4.54. The van der Waals surface area contributed by atoms with Crippen LogP contribution in [0.15, 0.2) is 63.8 Å². The van der Waals surface area contributed by atoms with Gasteiger partial charge in [0.25, 0.3) is 5.91 Å². The SMILES string of the molecule is CCCN(C(=O)c1cc2c(=O)oc3ccccc3c2s1)c1cccc(C)c1. The van der Waals surface area contributed by atoms with Crippen molar-refractivity contribution in [2.45, 2.75) is 20.3 Å². The van der Waals surface area contributed by atoms with E-state index in [4.69, 9.17) is 4.42 Å². The van der Waals surface area contributed by atoms with Gasteiger partial charge >= 0.3 is 5.63 Å². The number of carbonyl (C=O) groups is 1. The van der Waals surface area contributed by atoms with Gasteiger partial charge in [-0.1, -0.05) is 31.2 Å². The zero-order valence-electron chi connectivity index (χ0n) is 15.2. The van der Waals surface area contributed by atoms with E-state index in [2.05, 4.69) is 0 Å². The Morgan fingerprint density at radius 2 is 1.89 bits per heavy atom. The van der Waals surface area contributed by atoms with E-state index in [1.807, 2.05) is 56.3 Å². The van der Waals surface area contributed by atoms with Gasteiger partial charge in [0, 0.05) is 17.6 Å². The number of benzene rings is 2. The van der Waals surface area contributed by atoms with E-state index in [0.717, 1.165) is 27.8 Å². The Hall–Kier alpha value is -2.92. The molecule has 0 unspecified atom stereocenters. The molecule has 4 rings (SSSR count). The minimum Gasteiger partial charge on any atom is -0.422 e. The first kappa shape index (κ1) is 17.5. The molecule has 0 aliphatic rings. The average Bonchev–Trinajstić information content (AvgIpc) is 3.12. The molecule has 27 heavy (non-hydrogen) atoms. The van der Waals surface area contributed by atoms with Gasteiger partial charge in [0.1, 0.15) is 5.58 Å². The number of aryl methyl sites for hydroxylation is 1. The standard InChI is InChI=1S/C22H19NO3S/c1-3-11-23(15-8-6-7-14(2)12-15)21(24)19-13-17-20(27-19)16-9-4-5-10-18(16)26-22(17)25/h4-10,12-13H,3,11H2,1-2H3. The van der Waals surface area contributed by atoms with Crippen molar-refractivity contribution in [2.24, 2.45) is 0 Å². The van der Waals surface area contributed by atoms with Crippen LogP contribution in [-0.2, 0) is 0 Å². The van der Waals surface area contributed by atoms with Crippen LogP contribution in [0.5, 0.6) is 0 Å². The quantitative estimate of drug-likeness (QED) is 0.449. The zero-order valence-corrected chi connectivity index (χ0v) is 16.0. The second-order valence-electron chi connectivity index (χ2n) is 6.53. The Bertz CT molecular complexity index is 1210. The van der Waals surface area contributed by atoms with Crippen LogP contribution in [0.3, 0.4) is 0 Å². The Morgan fingerprint density at radius 1 is 1.07 bits per heavy atom. The summed E-state index contributed by atoms with van der Waals surface area (Å²) in [6, 6.07) is 17.0. The van der Waals surface area contributed by atoms with Crippen molar-refractivity contribution in [3.63, 3.8) is 0 Å². The highest BCUT2D eigenvalue weighted by Gasteiger charge is 2.21. The molecular formula is C22H19NO3S. The van der Waals surface area contributed by atoms with Gasteiger partial charge in [-0.15, -0.1) is 11.3 Å². The monoisotopic (exact) mass is 377 g/mol. The van der Waals surface area contributed by atoms with Gasteiger partial charge in [0.15, 0.2) is 0 Å². The van der Waals surface area contributed by atoms with Gasteiger partial charge in [-0.2, -0.15) is 0 Å². The third kappa shape index (κ3) is 3.15. The Balaban J connectivity index is 1.85. The number of amides is 1. The van der Waals surface area contributed by atoms with E-state index in [9.17, 15) is 9.59 Å². The molecule has 0 saturated heterocycles. The molecule has 0 saturated carbocycles. The van der Waals surface area contributed by atoms with Gasteiger partial charge in [-0.05, 0) is 49.2 Å². The van der Waals surface area contributed by atoms with E-state index < -0.39 is 5.63 Å². The fourth-order valence-electron chi connectivity index (χ4n) is 3.25.